The summed E-state index contributed by atoms with van der Waals surface area (Å²) >= 11 is 0. The summed E-state index contributed by atoms with van der Waals surface area (Å²) in [4.78, 5) is 8.18. The third kappa shape index (κ3) is 5.51. The fraction of sp³-hybridized carbons (Fsp3) is 0.375. The fourth-order valence-corrected chi connectivity index (χ4v) is 4.48. The summed E-state index contributed by atoms with van der Waals surface area (Å²) in [7, 11) is 0. The molecule has 1 unspecified atom stereocenters. The predicted octanol–water partition coefficient (Wildman–Crippen LogP) is 4.55. The molecule has 0 saturated carbocycles. The molecule has 0 bridgehead atoms. The van der Waals surface area contributed by atoms with Gasteiger partial charge in [-0.1, -0.05) is 5.21 Å². The quantitative estimate of drug-likeness (QED) is 0.373. The molecule has 4 aromatic heterocycles. The minimum absolute atomic E-state index is 0. The molecule has 0 amide bonds. The number of fused-ring (bicyclic) bond motifs is 1. The van der Waals surface area contributed by atoms with Crippen LogP contribution >= 0.6 is 12.4 Å². The van der Waals surface area contributed by atoms with Crippen molar-refractivity contribution < 1.29 is 22.6 Å². The summed E-state index contributed by atoms with van der Waals surface area (Å²) in [5, 5.41) is 21.8. The van der Waals surface area contributed by atoms with E-state index in [0.29, 0.717) is 22.5 Å². The van der Waals surface area contributed by atoms with Gasteiger partial charge in [0.05, 0.1) is 24.1 Å². The molecule has 1 fully saturated rings. The molecular formula is C24H24ClF3N8O2. The highest BCUT2D eigenvalue weighted by Gasteiger charge is 2.31. The van der Waals surface area contributed by atoms with Gasteiger partial charge in [-0.15, -0.1) is 30.7 Å². The number of piperidine rings is 1. The summed E-state index contributed by atoms with van der Waals surface area (Å²) in [5.41, 5.74) is 3.29. The van der Waals surface area contributed by atoms with Gasteiger partial charge in [0.15, 0.2) is 0 Å². The first-order chi connectivity index (χ1) is 17.7. The lowest BCUT2D eigenvalue weighted by molar-refractivity contribution is -0.274. The van der Waals surface area contributed by atoms with Crippen molar-refractivity contribution >= 4 is 18.1 Å². The second kappa shape index (κ2) is 10.8. The van der Waals surface area contributed by atoms with Crippen LogP contribution in [0.25, 0.3) is 16.9 Å². The molecule has 1 aliphatic heterocycles. The van der Waals surface area contributed by atoms with Crippen LogP contribution in [0.1, 0.15) is 48.9 Å². The first-order valence-electron chi connectivity index (χ1n) is 11.7. The van der Waals surface area contributed by atoms with Crippen molar-refractivity contribution in [2.45, 2.75) is 45.2 Å². The second-order valence-corrected chi connectivity index (χ2v) is 8.74. The Kier molecular flexibility index (Phi) is 7.75. The van der Waals surface area contributed by atoms with Gasteiger partial charge in [0, 0.05) is 23.4 Å². The number of rotatable bonds is 6. The standard InChI is InChI=1S/C24H23F3N8O2.ClH/c1-14-23(32-33-35(14)18-3-5-29-6-4-18)16-8-21-31-12-19(10-28)34(21)22(9-16)36-15(2)17-7-20(13-30-11-17)37-24(25,26)27;/h7-9,11-13,15,18,29H,3-6H2,1-2H3;1H. The molecule has 5 heterocycles. The molecule has 1 aliphatic rings. The van der Waals surface area contributed by atoms with Gasteiger partial charge in [-0.2, -0.15) is 5.26 Å². The number of imidazole rings is 1. The maximum Gasteiger partial charge on any atom is 0.573 e. The SMILES string of the molecule is Cc1c(-c2cc(OC(C)c3cncc(OC(F)(F)F)c3)n3c(C#N)cnc3c2)nnn1C1CCNCC1.Cl. The minimum Gasteiger partial charge on any atom is -0.471 e. The average Bonchev–Trinajstić information content (AvgIpc) is 3.47. The molecule has 200 valence electrons. The molecule has 1 N–H and O–H groups in total. The number of nitriles is 1. The van der Waals surface area contributed by atoms with Crippen molar-refractivity contribution in [2.24, 2.45) is 0 Å². The molecule has 0 aromatic carbocycles. The van der Waals surface area contributed by atoms with E-state index in [9.17, 15) is 18.4 Å². The number of halogens is 4. The van der Waals surface area contributed by atoms with Crippen molar-refractivity contribution in [3.63, 3.8) is 0 Å². The van der Waals surface area contributed by atoms with Crippen LogP contribution in [-0.4, -0.2) is 48.8 Å². The Morgan fingerprint density at radius 2 is 1.92 bits per heavy atom. The zero-order chi connectivity index (χ0) is 26.2. The van der Waals surface area contributed by atoms with Crippen molar-refractivity contribution in [3.8, 4) is 29.0 Å². The van der Waals surface area contributed by atoms with Gasteiger partial charge in [0.1, 0.15) is 35.0 Å². The number of pyridine rings is 2. The molecule has 0 aliphatic carbocycles. The predicted molar refractivity (Wildman–Crippen MR) is 132 cm³/mol. The number of hydrogen-bond donors (Lipinski definition) is 1. The van der Waals surface area contributed by atoms with Gasteiger partial charge in [-0.25, -0.2) is 9.67 Å². The van der Waals surface area contributed by atoms with Gasteiger partial charge < -0.3 is 14.8 Å². The smallest absolute Gasteiger partial charge is 0.471 e. The zero-order valence-corrected chi connectivity index (χ0v) is 21.3. The third-order valence-electron chi connectivity index (χ3n) is 6.28. The Morgan fingerprint density at radius 3 is 2.63 bits per heavy atom. The summed E-state index contributed by atoms with van der Waals surface area (Å²) in [6.45, 7) is 5.44. The normalized spacial score (nSPS) is 15.1. The van der Waals surface area contributed by atoms with E-state index >= 15 is 0 Å². The number of nitrogens with zero attached hydrogens (tertiary/aromatic N) is 7. The van der Waals surface area contributed by atoms with Crippen molar-refractivity contribution in [3.05, 3.63) is 53.7 Å². The Labute approximate surface area is 221 Å². The molecule has 5 rings (SSSR count). The van der Waals surface area contributed by atoms with Crippen LogP contribution in [0.4, 0.5) is 13.2 Å². The average molecular weight is 549 g/mol. The highest BCUT2D eigenvalue weighted by atomic mass is 35.5. The highest BCUT2D eigenvalue weighted by Crippen LogP contribution is 2.33. The Morgan fingerprint density at radius 1 is 1.16 bits per heavy atom. The lowest BCUT2D eigenvalue weighted by Gasteiger charge is -2.23. The van der Waals surface area contributed by atoms with E-state index < -0.39 is 18.2 Å². The van der Waals surface area contributed by atoms with E-state index in [1.54, 1.807) is 19.1 Å². The molecule has 1 saturated heterocycles. The van der Waals surface area contributed by atoms with Crippen LogP contribution in [0.2, 0.25) is 0 Å². The summed E-state index contributed by atoms with van der Waals surface area (Å²) in [6.07, 6.45) is 0.116. The zero-order valence-electron chi connectivity index (χ0n) is 20.4. The molecule has 0 radical (unpaired) electrons. The molecule has 1 atom stereocenters. The maximum absolute atomic E-state index is 12.7. The Bertz CT molecular complexity index is 1470. The van der Waals surface area contributed by atoms with Gasteiger partial charge in [-0.3, -0.25) is 9.38 Å². The molecule has 10 nitrogen and oxygen atoms in total. The van der Waals surface area contributed by atoms with E-state index in [1.807, 2.05) is 11.6 Å². The van der Waals surface area contributed by atoms with E-state index in [2.05, 4.69) is 36.4 Å². The van der Waals surface area contributed by atoms with Crippen LogP contribution in [0.5, 0.6) is 11.6 Å². The number of ether oxygens (including phenoxy) is 2. The van der Waals surface area contributed by atoms with Crippen LogP contribution < -0.4 is 14.8 Å². The number of alkyl halides is 3. The largest absolute Gasteiger partial charge is 0.573 e. The van der Waals surface area contributed by atoms with Crippen LogP contribution in [-0.2, 0) is 0 Å². The Hall–Kier alpha value is -3.89. The summed E-state index contributed by atoms with van der Waals surface area (Å²) in [5.74, 6) is -0.183. The Balaban J connectivity index is 0.00000336. The summed E-state index contributed by atoms with van der Waals surface area (Å²) in [6, 6.07) is 7.05. The van der Waals surface area contributed by atoms with Gasteiger partial charge in [0.25, 0.3) is 0 Å². The van der Waals surface area contributed by atoms with E-state index in [4.69, 9.17) is 4.74 Å². The third-order valence-corrected chi connectivity index (χ3v) is 6.28. The highest BCUT2D eigenvalue weighted by molar-refractivity contribution is 5.85. The molecular weight excluding hydrogens is 525 g/mol. The van der Waals surface area contributed by atoms with Crippen LogP contribution in [0.15, 0.2) is 36.8 Å². The summed E-state index contributed by atoms with van der Waals surface area (Å²) < 4.78 is 51.6. The van der Waals surface area contributed by atoms with Crippen molar-refractivity contribution in [1.82, 2.24) is 34.7 Å². The maximum atomic E-state index is 12.7. The van der Waals surface area contributed by atoms with Crippen molar-refractivity contribution in [1.29, 1.82) is 5.26 Å². The van der Waals surface area contributed by atoms with Crippen LogP contribution in [0, 0.1) is 18.3 Å². The monoisotopic (exact) mass is 548 g/mol. The van der Waals surface area contributed by atoms with E-state index in [1.165, 1.54) is 22.9 Å². The molecule has 4 aromatic rings. The lowest BCUT2D eigenvalue weighted by Crippen LogP contribution is -2.30. The number of hydrogen-bond acceptors (Lipinski definition) is 8. The van der Waals surface area contributed by atoms with Gasteiger partial charge in [0.2, 0.25) is 5.88 Å². The second-order valence-electron chi connectivity index (χ2n) is 8.74. The first kappa shape index (κ1) is 27.2. The number of aromatic nitrogens is 6. The fourth-order valence-electron chi connectivity index (χ4n) is 4.48. The van der Waals surface area contributed by atoms with Crippen LogP contribution in [0.3, 0.4) is 0 Å². The molecule has 0 spiro atoms. The van der Waals surface area contributed by atoms with Gasteiger partial charge in [-0.05, 0) is 51.9 Å². The van der Waals surface area contributed by atoms with Crippen molar-refractivity contribution in [2.75, 3.05) is 13.1 Å². The first-order valence-corrected chi connectivity index (χ1v) is 11.7. The van der Waals surface area contributed by atoms with E-state index in [-0.39, 0.29) is 30.0 Å². The minimum atomic E-state index is -4.84. The topological polar surface area (TPSA) is 115 Å². The molecule has 14 heteroatoms. The van der Waals surface area contributed by atoms with Gasteiger partial charge >= 0.3 is 6.36 Å². The lowest BCUT2D eigenvalue weighted by atomic mass is 10.1. The number of nitrogens with one attached hydrogen (secondary N) is 1. The molecule has 38 heavy (non-hydrogen) atoms. The van der Waals surface area contributed by atoms with E-state index in [0.717, 1.165) is 37.8 Å².